The van der Waals surface area contributed by atoms with Crippen LogP contribution in [0.1, 0.15) is 29.8 Å². The van der Waals surface area contributed by atoms with Crippen molar-refractivity contribution >= 4 is 29.1 Å². The van der Waals surface area contributed by atoms with Crippen LogP contribution in [0, 0.1) is 0 Å². The lowest BCUT2D eigenvalue weighted by Crippen LogP contribution is -2.46. The predicted molar refractivity (Wildman–Crippen MR) is 122 cm³/mol. The van der Waals surface area contributed by atoms with Crippen LogP contribution in [-0.2, 0) is 6.42 Å². The Morgan fingerprint density at radius 1 is 1.03 bits per heavy atom. The number of carbonyl (C=O) groups is 1. The standard InChI is InChI=1S/C24H27NO4.ClH/c1-24(2,14-17-11-12-18-7-3-4-8-19(18)13-17)25-15-20(26)16-29-22-10-6-5-9-21(22)23(27)28;/h3-13,20,25-26H,14-16H2,1-2H3,(H,27,28);1H. The number of benzene rings is 3. The minimum Gasteiger partial charge on any atom is -0.490 e. The van der Waals surface area contributed by atoms with E-state index in [0.717, 1.165) is 6.42 Å². The lowest BCUT2D eigenvalue weighted by atomic mass is 9.93. The van der Waals surface area contributed by atoms with E-state index in [1.165, 1.54) is 22.4 Å². The number of fused-ring (bicyclic) bond motifs is 1. The maximum atomic E-state index is 11.2. The Kier molecular flexibility index (Phi) is 8.24. The molecule has 0 heterocycles. The first-order valence-electron chi connectivity index (χ1n) is 9.70. The molecule has 5 nitrogen and oxygen atoms in total. The number of ether oxygens (including phenoxy) is 1. The fraction of sp³-hybridized carbons (Fsp3) is 0.292. The molecule has 0 bridgehead atoms. The van der Waals surface area contributed by atoms with Gasteiger partial charge in [0.05, 0.1) is 0 Å². The van der Waals surface area contributed by atoms with Gasteiger partial charge in [-0.3, -0.25) is 0 Å². The number of hydrogen-bond acceptors (Lipinski definition) is 4. The Labute approximate surface area is 183 Å². The quantitative estimate of drug-likeness (QED) is 0.472. The summed E-state index contributed by atoms with van der Waals surface area (Å²) in [6.45, 7) is 4.55. The van der Waals surface area contributed by atoms with Gasteiger partial charge in [0.25, 0.3) is 0 Å². The van der Waals surface area contributed by atoms with E-state index >= 15 is 0 Å². The second kappa shape index (κ2) is 10.4. The van der Waals surface area contributed by atoms with Crippen molar-refractivity contribution < 1.29 is 19.7 Å². The van der Waals surface area contributed by atoms with E-state index in [9.17, 15) is 15.0 Å². The van der Waals surface area contributed by atoms with Crippen LogP contribution in [0.2, 0.25) is 0 Å². The summed E-state index contributed by atoms with van der Waals surface area (Å²) in [5, 5.41) is 25.3. The van der Waals surface area contributed by atoms with Crippen LogP contribution >= 0.6 is 12.4 Å². The normalized spacial score (nSPS) is 12.2. The number of hydrogen-bond donors (Lipinski definition) is 3. The van der Waals surface area contributed by atoms with Gasteiger partial charge < -0.3 is 20.3 Å². The van der Waals surface area contributed by atoms with Crippen molar-refractivity contribution in [2.24, 2.45) is 0 Å². The Bertz CT molecular complexity index is 990. The van der Waals surface area contributed by atoms with Crippen molar-refractivity contribution in [2.75, 3.05) is 13.2 Å². The zero-order valence-electron chi connectivity index (χ0n) is 17.2. The van der Waals surface area contributed by atoms with Crippen LogP contribution in [-0.4, -0.2) is 41.0 Å². The molecule has 0 aliphatic heterocycles. The van der Waals surface area contributed by atoms with E-state index in [2.05, 4.69) is 49.5 Å². The van der Waals surface area contributed by atoms with Crippen LogP contribution < -0.4 is 10.1 Å². The summed E-state index contributed by atoms with van der Waals surface area (Å²) in [6, 6.07) is 21.2. The zero-order chi connectivity index (χ0) is 20.9. The molecule has 1 atom stereocenters. The van der Waals surface area contributed by atoms with E-state index in [1.807, 2.05) is 12.1 Å². The van der Waals surface area contributed by atoms with E-state index < -0.39 is 12.1 Å². The highest BCUT2D eigenvalue weighted by atomic mass is 35.5. The average Bonchev–Trinajstić information content (AvgIpc) is 2.70. The molecule has 0 radical (unpaired) electrons. The highest BCUT2D eigenvalue weighted by molar-refractivity contribution is 5.90. The monoisotopic (exact) mass is 429 g/mol. The van der Waals surface area contributed by atoms with Crippen molar-refractivity contribution in [2.45, 2.75) is 31.9 Å². The summed E-state index contributed by atoms with van der Waals surface area (Å²) in [5.41, 5.74) is 1.09. The molecule has 0 aliphatic carbocycles. The number of nitrogens with one attached hydrogen (secondary N) is 1. The number of carboxylic acid groups (broad SMARTS) is 1. The fourth-order valence-corrected chi connectivity index (χ4v) is 3.33. The van der Waals surface area contributed by atoms with Gasteiger partial charge in [-0.05, 0) is 48.7 Å². The van der Waals surface area contributed by atoms with Gasteiger partial charge in [-0.25, -0.2) is 4.79 Å². The molecule has 0 amide bonds. The summed E-state index contributed by atoms with van der Waals surface area (Å²) >= 11 is 0. The molecule has 6 heteroatoms. The number of aromatic carboxylic acids is 1. The summed E-state index contributed by atoms with van der Waals surface area (Å²) < 4.78 is 5.52. The van der Waals surface area contributed by atoms with Crippen molar-refractivity contribution in [1.29, 1.82) is 0 Å². The predicted octanol–water partition coefficient (Wildman–Crippen LogP) is 4.31. The van der Waals surface area contributed by atoms with Gasteiger partial charge >= 0.3 is 5.97 Å². The van der Waals surface area contributed by atoms with Crippen LogP contribution in [0.25, 0.3) is 10.8 Å². The number of para-hydroxylation sites is 1. The summed E-state index contributed by atoms with van der Waals surface area (Å²) in [6.07, 6.45) is 0.0560. The number of aliphatic hydroxyl groups is 1. The number of aliphatic hydroxyl groups excluding tert-OH is 1. The van der Waals surface area contributed by atoms with Crippen LogP contribution in [0.15, 0.2) is 66.7 Å². The largest absolute Gasteiger partial charge is 0.490 e. The molecule has 0 fully saturated rings. The third-order valence-corrected chi connectivity index (χ3v) is 4.82. The summed E-state index contributed by atoms with van der Waals surface area (Å²) in [4.78, 5) is 11.2. The van der Waals surface area contributed by atoms with Gasteiger partial charge in [0.15, 0.2) is 0 Å². The van der Waals surface area contributed by atoms with E-state index in [1.54, 1.807) is 18.2 Å². The van der Waals surface area contributed by atoms with Crippen LogP contribution in [0.3, 0.4) is 0 Å². The molecule has 0 saturated heterocycles. The zero-order valence-corrected chi connectivity index (χ0v) is 18.0. The topological polar surface area (TPSA) is 78.8 Å². The second-order valence-electron chi connectivity index (χ2n) is 7.89. The molecule has 160 valence electrons. The Hall–Kier alpha value is -2.60. The maximum Gasteiger partial charge on any atom is 0.339 e. The highest BCUT2D eigenvalue weighted by Gasteiger charge is 2.20. The summed E-state index contributed by atoms with van der Waals surface area (Å²) in [5.74, 6) is -0.792. The number of β-amino-alcohol motifs (C(OH)–C–C–N with tert-alkyl or cyclic N) is 1. The van der Waals surface area contributed by atoms with Gasteiger partial charge in [0.2, 0.25) is 0 Å². The minimum atomic E-state index is -1.05. The molecule has 0 saturated carbocycles. The van der Waals surface area contributed by atoms with Gasteiger partial charge in [-0.1, -0.05) is 54.6 Å². The number of rotatable bonds is 9. The second-order valence-corrected chi connectivity index (χ2v) is 7.89. The Morgan fingerprint density at radius 3 is 2.43 bits per heavy atom. The lowest BCUT2D eigenvalue weighted by Gasteiger charge is -2.28. The molecule has 0 aromatic heterocycles. The number of halogens is 1. The first-order chi connectivity index (χ1) is 13.8. The number of carboxylic acids is 1. The van der Waals surface area contributed by atoms with Crippen molar-refractivity contribution in [3.63, 3.8) is 0 Å². The third-order valence-electron chi connectivity index (χ3n) is 4.82. The smallest absolute Gasteiger partial charge is 0.339 e. The van der Waals surface area contributed by atoms with Crippen LogP contribution in [0.4, 0.5) is 0 Å². The van der Waals surface area contributed by atoms with Gasteiger partial charge in [-0.2, -0.15) is 0 Å². The average molecular weight is 430 g/mol. The third kappa shape index (κ3) is 6.46. The first kappa shape index (κ1) is 23.7. The maximum absolute atomic E-state index is 11.2. The van der Waals surface area contributed by atoms with Gasteiger partial charge in [0, 0.05) is 12.1 Å². The molecular weight excluding hydrogens is 402 g/mol. The van der Waals surface area contributed by atoms with Crippen molar-refractivity contribution in [3.05, 3.63) is 77.9 Å². The molecule has 3 aromatic rings. The molecule has 0 aliphatic rings. The lowest BCUT2D eigenvalue weighted by molar-refractivity contribution is 0.0681. The van der Waals surface area contributed by atoms with Crippen LogP contribution in [0.5, 0.6) is 5.75 Å². The van der Waals surface area contributed by atoms with Crippen molar-refractivity contribution in [3.8, 4) is 5.75 Å². The van der Waals surface area contributed by atoms with E-state index in [0.29, 0.717) is 6.54 Å². The van der Waals surface area contributed by atoms with Gasteiger partial charge in [0.1, 0.15) is 24.0 Å². The molecule has 3 rings (SSSR count). The summed E-state index contributed by atoms with van der Waals surface area (Å²) in [7, 11) is 0. The van der Waals surface area contributed by atoms with E-state index in [-0.39, 0.29) is 35.9 Å². The molecule has 30 heavy (non-hydrogen) atoms. The highest BCUT2D eigenvalue weighted by Crippen LogP contribution is 2.20. The fourth-order valence-electron chi connectivity index (χ4n) is 3.33. The molecule has 3 aromatic carbocycles. The van der Waals surface area contributed by atoms with Gasteiger partial charge in [-0.15, -0.1) is 12.4 Å². The Balaban J connectivity index is 0.00000320. The molecule has 3 N–H and O–H groups in total. The molecule has 1 unspecified atom stereocenters. The Morgan fingerprint density at radius 2 is 1.70 bits per heavy atom. The SMILES string of the molecule is CC(C)(Cc1ccc2ccccc2c1)NCC(O)COc1ccccc1C(=O)O.Cl. The van der Waals surface area contributed by atoms with E-state index in [4.69, 9.17) is 4.74 Å². The molecular formula is C24H28ClNO4. The van der Waals surface area contributed by atoms with Crippen molar-refractivity contribution in [1.82, 2.24) is 5.32 Å². The first-order valence-corrected chi connectivity index (χ1v) is 9.70. The molecule has 0 spiro atoms. The minimum absolute atomic E-state index is 0.